The maximum atomic E-state index is 11.5. The van der Waals surface area contributed by atoms with E-state index in [0.29, 0.717) is 6.42 Å². The van der Waals surface area contributed by atoms with Crippen LogP contribution in [0.1, 0.15) is 18.9 Å². The number of anilines is 2. The van der Waals surface area contributed by atoms with E-state index >= 15 is 0 Å². The molecule has 4 aromatic rings. The van der Waals surface area contributed by atoms with Crippen molar-refractivity contribution in [1.82, 2.24) is 19.5 Å². The van der Waals surface area contributed by atoms with Crippen LogP contribution in [0.4, 0.5) is 11.6 Å². The molecule has 0 saturated carbocycles. The van der Waals surface area contributed by atoms with Crippen LogP contribution < -0.4 is 10.2 Å². The number of hydrogen-bond acceptors (Lipinski definition) is 6. The summed E-state index contributed by atoms with van der Waals surface area (Å²) >= 11 is 0. The van der Waals surface area contributed by atoms with Crippen molar-refractivity contribution in [3.63, 3.8) is 0 Å². The minimum absolute atomic E-state index is 0.150. The first kappa shape index (κ1) is 27.3. The highest BCUT2D eigenvalue weighted by Gasteiger charge is 2.59. The zero-order chi connectivity index (χ0) is 28.4. The number of fused-ring (bicyclic) bond motifs is 1. The van der Waals surface area contributed by atoms with E-state index in [9.17, 15) is 5.11 Å². The van der Waals surface area contributed by atoms with E-state index in [2.05, 4.69) is 97.2 Å². The third-order valence-electron chi connectivity index (χ3n) is 9.31. The molecule has 1 saturated heterocycles. The highest BCUT2D eigenvalue weighted by molar-refractivity contribution is 6.56. The molecule has 0 bridgehead atoms. The molecule has 1 fully saturated rings. The number of rotatable bonds is 5. The molecule has 0 aliphatic carbocycles. The third-order valence-corrected chi connectivity index (χ3v) is 9.31. The molecular weight excluding hydrogens is 477 g/mol. The second-order valence-corrected chi connectivity index (χ2v) is 12.8. The molecule has 4 heterocycles. The van der Waals surface area contributed by atoms with Crippen LogP contribution in [0.3, 0.4) is 0 Å². The second-order valence-electron chi connectivity index (χ2n) is 12.8. The number of nitrogens with zero attached hydrogens (tertiary/aromatic N) is 5. The maximum Gasteiger partial charge on any atom is 0.144 e. The average molecular weight is 511 g/mol. The van der Waals surface area contributed by atoms with Crippen LogP contribution in [0.5, 0.6) is 0 Å². The number of piperidine rings is 1. The zero-order valence-corrected chi connectivity index (χ0v) is 24.4. The van der Waals surface area contributed by atoms with Crippen molar-refractivity contribution in [3.8, 4) is 11.3 Å². The molecule has 2 N–H and O–H groups in total. The molecule has 1 aliphatic rings. The van der Waals surface area contributed by atoms with E-state index in [1.165, 1.54) is 0 Å². The summed E-state index contributed by atoms with van der Waals surface area (Å²) in [6.45, 7) is 6.43. The number of pyridine rings is 2. The second kappa shape index (κ2) is 9.12. The fraction of sp³-hybridized carbons (Fsp3) is 0.269. The molecule has 39 heavy (non-hydrogen) atoms. The number of hydrogen-bond donors (Lipinski definition) is 2. The minimum atomic E-state index is -0.900. The Morgan fingerprint density at radius 3 is 2.44 bits per heavy atom. The quantitative estimate of drug-likeness (QED) is 0.311. The van der Waals surface area contributed by atoms with Crippen molar-refractivity contribution >= 4 is 75.2 Å². The van der Waals surface area contributed by atoms with Crippen molar-refractivity contribution in [2.24, 2.45) is 7.05 Å². The minimum Gasteiger partial charge on any atom is -0.398 e. The molecule has 192 valence electrons. The van der Waals surface area contributed by atoms with Gasteiger partial charge in [-0.25, -0.2) is 15.0 Å². The summed E-state index contributed by atoms with van der Waals surface area (Å²) in [6.07, 6.45) is 8.06. The van der Waals surface area contributed by atoms with Gasteiger partial charge in [-0.15, -0.1) is 0 Å². The normalized spacial score (nSPS) is 23.9. The van der Waals surface area contributed by atoms with Crippen molar-refractivity contribution in [2.45, 2.75) is 34.8 Å². The Labute approximate surface area is 236 Å². The van der Waals surface area contributed by atoms with Gasteiger partial charge in [-0.3, -0.25) is 0 Å². The standard InChI is InChI=1S/C26H34B6N6O/c1-15(36-21-9-19-8-17(4-5-18(19)11-35-21)20-12-33-14-37(20)3)16-6-7-34-22(10-16)38-23(2,27)25(30,39)13-24(28,29)26(38,31)32/h4-12,14,39H,1,13,27-32H2,2-3H3,(H,35,36). The smallest absolute Gasteiger partial charge is 0.144 e. The summed E-state index contributed by atoms with van der Waals surface area (Å²) in [4.78, 5) is 15.9. The van der Waals surface area contributed by atoms with Crippen molar-refractivity contribution in [1.29, 1.82) is 0 Å². The van der Waals surface area contributed by atoms with Gasteiger partial charge < -0.3 is 19.9 Å². The molecule has 0 radical (unpaired) electrons. The van der Waals surface area contributed by atoms with Crippen LogP contribution in [0.25, 0.3) is 27.7 Å². The first-order valence-electron chi connectivity index (χ1n) is 13.5. The van der Waals surface area contributed by atoms with Crippen LogP contribution in [-0.4, -0.2) is 88.0 Å². The molecular formula is C26H34B6N6O. The Kier molecular flexibility index (Phi) is 6.37. The van der Waals surface area contributed by atoms with Crippen LogP contribution >= 0.6 is 0 Å². The van der Waals surface area contributed by atoms with E-state index in [1.54, 1.807) is 6.33 Å². The summed E-state index contributed by atoms with van der Waals surface area (Å²) in [5.74, 6) is 1.53. The molecule has 1 aromatic carbocycles. The van der Waals surface area contributed by atoms with Crippen molar-refractivity contribution in [3.05, 3.63) is 73.5 Å². The Bertz CT molecular complexity index is 1560. The number of imidazole rings is 1. The molecule has 1 aliphatic heterocycles. The molecule has 2 unspecified atom stereocenters. The lowest BCUT2D eigenvalue weighted by atomic mass is 9.26. The molecule has 0 amide bonds. The summed E-state index contributed by atoms with van der Waals surface area (Å²) in [5, 5.41) is 16.7. The van der Waals surface area contributed by atoms with Gasteiger partial charge in [0.25, 0.3) is 0 Å². The van der Waals surface area contributed by atoms with Crippen LogP contribution in [-0.2, 0) is 7.05 Å². The van der Waals surface area contributed by atoms with E-state index in [1.807, 2.05) is 50.2 Å². The van der Waals surface area contributed by atoms with Gasteiger partial charge >= 0.3 is 0 Å². The van der Waals surface area contributed by atoms with Crippen molar-refractivity contribution in [2.75, 3.05) is 10.2 Å². The Balaban J connectivity index is 1.46. The van der Waals surface area contributed by atoms with Gasteiger partial charge in [0, 0.05) is 52.6 Å². The fourth-order valence-corrected chi connectivity index (χ4v) is 6.07. The van der Waals surface area contributed by atoms with Gasteiger partial charge in [0.05, 0.1) is 18.2 Å². The molecule has 13 heteroatoms. The van der Waals surface area contributed by atoms with Gasteiger partial charge in [0.2, 0.25) is 0 Å². The largest absolute Gasteiger partial charge is 0.398 e. The molecule has 2 atom stereocenters. The van der Waals surface area contributed by atoms with Gasteiger partial charge in [-0.05, 0) is 48.3 Å². The van der Waals surface area contributed by atoms with E-state index in [-0.39, 0.29) is 10.6 Å². The van der Waals surface area contributed by atoms with Crippen LogP contribution in [0.15, 0.2) is 67.9 Å². The monoisotopic (exact) mass is 512 g/mol. The van der Waals surface area contributed by atoms with E-state index in [0.717, 1.165) is 44.9 Å². The van der Waals surface area contributed by atoms with Gasteiger partial charge in [0.1, 0.15) is 58.7 Å². The molecule has 0 spiro atoms. The van der Waals surface area contributed by atoms with E-state index < -0.39 is 10.9 Å². The summed E-state index contributed by atoms with van der Waals surface area (Å²) in [7, 11) is 15.0. The van der Waals surface area contributed by atoms with E-state index in [4.69, 9.17) is 4.98 Å². The lowest BCUT2D eigenvalue weighted by Gasteiger charge is -2.68. The number of nitrogens with one attached hydrogen (secondary N) is 1. The SMILES string of the molecule is BC1(B)CC(B)(O)C(B)(C)N(c2cc(C(=C)Nc3cc4cc(-c5cncn5C)ccc4cn3)ccn2)C1(B)B. The number of aryl methyl sites for hydroxylation is 1. The van der Waals surface area contributed by atoms with Gasteiger partial charge in [-0.1, -0.05) is 23.9 Å². The summed E-state index contributed by atoms with van der Waals surface area (Å²) in [5.41, 5.74) is 2.36. The first-order chi connectivity index (χ1) is 18.1. The van der Waals surface area contributed by atoms with Crippen molar-refractivity contribution < 1.29 is 5.11 Å². The van der Waals surface area contributed by atoms with Gasteiger partial charge in [0.15, 0.2) is 0 Å². The first-order valence-corrected chi connectivity index (χ1v) is 13.5. The predicted octanol–water partition coefficient (Wildman–Crippen LogP) is -1.70. The molecule has 5 rings (SSSR count). The Hall–Kier alpha value is -3.32. The predicted molar refractivity (Wildman–Crippen MR) is 178 cm³/mol. The third kappa shape index (κ3) is 4.50. The van der Waals surface area contributed by atoms with Gasteiger partial charge in [-0.2, -0.15) is 0 Å². The highest BCUT2D eigenvalue weighted by atomic mass is 16.3. The lowest BCUT2D eigenvalue weighted by Crippen LogP contribution is -2.79. The molecule has 7 nitrogen and oxygen atoms in total. The van der Waals surface area contributed by atoms with Crippen LogP contribution in [0, 0.1) is 0 Å². The fourth-order valence-electron chi connectivity index (χ4n) is 6.07. The Morgan fingerprint density at radius 1 is 1.00 bits per heavy atom. The lowest BCUT2D eigenvalue weighted by molar-refractivity contribution is 0.0434. The Morgan fingerprint density at radius 2 is 1.74 bits per heavy atom. The topological polar surface area (TPSA) is 79.1 Å². The number of benzene rings is 1. The van der Waals surface area contributed by atoms with Crippen LogP contribution in [0.2, 0.25) is 5.21 Å². The summed E-state index contributed by atoms with van der Waals surface area (Å²) in [6, 6.07) is 12.4. The maximum absolute atomic E-state index is 11.5. The highest BCUT2D eigenvalue weighted by Crippen LogP contribution is 2.52. The average Bonchev–Trinajstić information content (AvgIpc) is 3.28. The summed E-state index contributed by atoms with van der Waals surface area (Å²) < 4.78 is 2.01. The molecule has 3 aromatic heterocycles. The number of aliphatic hydroxyl groups is 1. The number of aromatic nitrogens is 4. The zero-order valence-electron chi connectivity index (χ0n) is 24.4.